The van der Waals surface area contributed by atoms with E-state index in [1.54, 1.807) is 13.0 Å². The fraction of sp³-hybridized carbons (Fsp3) is 0.500. The Bertz CT molecular complexity index is 801. The molecule has 2 aromatic rings. The standard InChI is InChI=1S/C18H22FN5O.ClH/c1-12-10-14(19)2-3-15(12)18(25)23-7-4-13(5-8-23)17-22-21-16-11-20-6-9-24(16)17;/h2-3,10,13,20H,4-9,11H2,1H3;1H. The Labute approximate surface area is 158 Å². The third-order valence-electron chi connectivity index (χ3n) is 5.22. The SMILES string of the molecule is Cc1cc(F)ccc1C(=O)N1CCC(c2nnc3n2CCNC3)CC1.Cl. The molecule has 1 saturated heterocycles. The number of hydrogen-bond donors (Lipinski definition) is 1. The fourth-order valence-electron chi connectivity index (χ4n) is 3.79. The van der Waals surface area contributed by atoms with Crippen LogP contribution in [0, 0.1) is 12.7 Å². The third-order valence-corrected chi connectivity index (χ3v) is 5.22. The Morgan fingerprint density at radius 3 is 2.73 bits per heavy atom. The maximum Gasteiger partial charge on any atom is 0.254 e. The molecule has 4 rings (SSSR count). The molecule has 1 N–H and O–H groups in total. The van der Waals surface area contributed by atoms with E-state index >= 15 is 0 Å². The van der Waals surface area contributed by atoms with Gasteiger partial charge in [-0.3, -0.25) is 4.79 Å². The highest BCUT2D eigenvalue weighted by Crippen LogP contribution is 2.28. The van der Waals surface area contributed by atoms with Crippen molar-refractivity contribution < 1.29 is 9.18 Å². The van der Waals surface area contributed by atoms with Gasteiger partial charge in [-0.1, -0.05) is 0 Å². The first-order valence-electron chi connectivity index (χ1n) is 8.81. The van der Waals surface area contributed by atoms with Gasteiger partial charge < -0.3 is 14.8 Å². The Balaban J connectivity index is 0.00000196. The lowest BCUT2D eigenvalue weighted by atomic mass is 9.95. The number of likely N-dealkylation sites (tertiary alicyclic amines) is 1. The van der Waals surface area contributed by atoms with Crippen LogP contribution in [0.5, 0.6) is 0 Å². The van der Waals surface area contributed by atoms with Crippen molar-refractivity contribution in [2.24, 2.45) is 0 Å². The van der Waals surface area contributed by atoms with Gasteiger partial charge in [0.25, 0.3) is 5.91 Å². The van der Waals surface area contributed by atoms with E-state index in [2.05, 4.69) is 20.1 Å². The van der Waals surface area contributed by atoms with Crippen LogP contribution in [0.1, 0.15) is 46.3 Å². The summed E-state index contributed by atoms with van der Waals surface area (Å²) >= 11 is 0. The van der Waals surface area contributed by atoms with Crippen LogP contribution in [0.4, 0.5) is 4.39 Å². The summed E-state index contributed by atoms with van der Waals surface area (Å²) in [7, 11) is 0. The van der Waals surface area contributed by atoms with Crippen LogP contribution >= 0.6 is 12.4 Å². The second kappa shape index (κ2) is 7.72. The normalized spacial score (nSPS) is 17.5. The van der Waals surface area contributed by atoms with Crippen LogP contribution in [-0.4, -0.2) is 45.2 Å². The summed E-state index contributed by atoms with van der Waals surface area (Å²) in [5.74, 6) is 2.09. The number of fused-ring (bicyclic) bond motifs is 1. The monoisotopic (exact) mass is 379 g/mol. The lowest BCUT2D eigenvalue weighted by molar-refractivity contribution is 0.0709. The van der Waals surface area contributed by atoms with Crippen molar-refractivity contribution in [1.82, 2.24) is 25.0 Å². The molecule has 0 atom stereocenters. The van der Waals surface area contributed by atoms with E-state index in [1.165, 1.54) is 12.1 Å². The van der Waals surface area contributed by atoms with Crippen LogP contribution < -0.4 is 5.32 Å². The molecular weight excluding hydrogens is 357 g/mol. The molecule has 3 heterocycles. The number of rotatable bonds is 2. The molecule has 2 aliphatic rings. The number of amides is 1. The molecule has 8 heteroatoms. The molecule has 140 valence electrons. The zero-order chi connectivity index (χ0) is 17.4. The molecule has 0 bridgehead atoms. The summed E-state index contributed by atoms with van der Waals surface area (Å²) in [5.41, 5.74) is 1.27. The minimum Gasteiger partial charge on any atom is -0.339 e. The first-order chi connectivity index (χ1) is 12.1. The smallest absolute Gasteiger partial charge is 0.254 e. The van der Waals surface area contributed by atoms with Gasteiger partial charge in [-0.2, -0.15) is 0 Å². The molecule has 0 saturated carbocycles. The van der Waals surface area contributed by atoms with Crippen molar-refractivity contribution >= 4 is 18.3 Å². The van der Waals surface area contributed by atoms with Gasteiger partial charge in [0.2, 0.25) is 0 Å². The van der Waals surface area contributed by atoms with Gasteiger partial charge >= 0.3 is 0 Å². The van der Waals surface area contributed by atoms with Crippen LogP contribution in [0.15, 0.2) is 18.2 Å². The molecule has 1 aromatic carbocycles. The van der Waals surface area contributed by atoms with E-state index in [1.807, 2.05) is 4.90 Å². The number of hydrogen-bond acceptors (Lipinski definition) is 4. The molecule has 0 radical (unpaired) electrons. The number of nitrogens with one attached hydrogen (secondary N) is 1. The fourth-order valence-corrected chi connectivity index (χ4v) is 3.79. The van der Waals surface area contributed by atoms with Gasteiger partial charge in [0.05, 0.1) is 6.54 Å². The van der Waals surface area contributed by atoms with Gasteiger partial charge in [0.1, 0.15) is 17.5 Å². The molecule has 0 aliphatic carbocycles. The average molecular weight is 380 g/mol. The molecule has 6 nitrogen and oxygen atoms in total. The van der Waals surface area contributed by atoms with Gasteiger partial charge in [-0.15, -0.1) is 22.6 Å². The second-order valence-electron chi connectivity index (χ2n) is 6.83. The van der Waals surface area contributed by atoms with Crippen molar-refractivity contribution in [3.8, 4) is 0 Å². The molecule has 0 spiro atoms. The minimum atomic E-state index is -0.307. The van der Waals surface area contributed by atoms with E-state index in [-0.39, 0.29) is 24.1 Å². The average Bonchev–Trinajstić information content (AvgIpc) is 3.05. The number of aromatic nitrogens is 3. The maximum absolute atomic E-state index is 13.3. The van der Waals surface area contributed by atoms with E-state index in [0.29, 0.717) is 30.1 Å². The second-order valence-corrected chi connectivity index (χ2v) is 6.83. The van der Waals surface area contributed by atoms with E-state index in [4.69, 9.17) is 0 Å². The van der Waals surface area contributed by atoms with Gasteiger partial charge in [0, 0.05) is 37.7 Å². The number of piperidine rings is 1. The van der Waals surface area contributed by atoms with Crippen molar-refractivity contribution in [1.29, 1.82) is 0 Å². The zero-order valence-electron chi connectivity index (χ0n) is 14.7. The summed E-state index contributed by atoms with van der Waals surface area (Å²) in [5, 5.41) is 12.0. The third kappa shape index (κ3) is 3.46. The molecule has 1 amide bonds. The van der Waals surface area contributed by atoms with Crippen molar-refractivity contribution in [2.75, 3.05) is 19.6 Å². The quantitative estimate of drug-likeness (QED) is 0.869. The Morgan fingerprint density at radius 2 is 2.00 bits per heavy atom. The van der Waals surface area contributed by atoms with Crippen molar-refractivity contribution in [3.63, 3.8) is 0 Å². The maximum atomic E-state index is 13.3. The number of aryl methyl sites for hydroxylation is 1. The van der Waals surface area contributed by atoms with Crippen LogP contribution in [-0.2, 0) is 13.1 Å². The number of halogens is 2. The topological polar surface area (TPSA) is 63.1 Å². The predicted octanol–water partition coefficient (Wildman–Crippen LogP) is 2.27. The lowest BCUT2D eigenvalue weighted by Crippen LogP contribution is -2.39. The Hall–Kier alpha value is -1.99. The largest absolute Gasteiger partial charge is 0.339 e. The van der Waals surface area contributed by atoms with Crippen LogP contribution in [0.2, 0.25) is 0 Å². The highest BCUT2D eigenvalue weighted by Gasteiger charge is 2.29. The van der Waals surface area contributed by atoms with Crippen molar-refractivity contribution in [2.45, 2.75) is 38.8 Å². The summed E-state index contributed by atoms with van der Waals surface area (Å²) in [4.78, 5) is 14.6. The van der Waals surface area contributed by atoms with E-state index in [9.17, 15) is 9.18 Å². The summed E-state index contributed by atoms with van der Waals surface area (Å²) in [6.45, 7) is 5.79. The zero-order valence-corrected chi connectivity index (χ0v) is 15.6. The van der Waals surface area contributed by atoms with Gasteiger partial charge in [-0.25, -0.2) is 4.39 Å². The minimum absolute atomic E-state index is 0. The number of carbonyl (C=O) groups excluding carboxylic acids is 1. The number of nitrogens with zero attached hydrogens (tertiary/aromatic N) is 4. The molecule has 1 fully saturated rings. The molecule has 1 aromatic heterocycles. The van der Waals surface area contributed by atoms with Gasteiger partial charge in [0.15, 0.2) is 0 Å². The number of carbonyl (C=O) groups is 1. The van der Waals surface area contributed by atoms with Gasteiger partial charge in [-0.05, 0) is 43.5 Å². The molecule has 2 aliphatic heterocycles. The van der Waals surface area contributed by atoms with E-state index in [0.717, 1.165) is 44.1 Å². The highest BCUT2D eigenvalue weighted by atomic mass is 35.5. The highest BCUT2D eigenvalue weighted by molar-refractivity contribution is 5.95. The molecule has 26 heavy (non-hydrogen) atoms. The van der Waals surface area contributed by atoms with Crippen molar-refractivity contribution in [3.05, 3.63) is 46.8 Å². The predicted molar refractivity (Wildman–Crippen MR) is 98.0 cm³/mol. The molecular formula is C18H23ClFN5O. The Morgan fingerprint density at radius 1 is 1.23 bits per heavy atom. The van der Waals surface area contributed by atoms with E-state index < -0.39 is 0 Å². The lowest BCUT2D eigenvalue weighted by Gasteiger charge is -2.32. The summed E-state index contributed by atoms with van der Waals surface area (Å²) in [6, 6.07) is 4.35. The molecule has 0 unspecified atom stereocenters. The van der Waals surface area contributed by atoms with Crippen LogP contribution in [0.25, 0.3) is 0 Å². The first-order valence-corrected chi connectivity index (χ1v) is 8.81. The summed E-state index contributed by atoms with van der Waals surface area (Å²) < 4.78 is 15.5. The number of benzene rings is 1. The Kier molecular flexibility index (Phi) is 5.58. The first kappa shape index (κ1) is 18.8. The van der Waals surface area contributed by atoms with Crippen LogP contribution in [0.3, 0.4) is 0 Å². The summed E-state index contributed by atoms with van der Waals surface area (Å²) in [6.07, 6.45) is 1.77.